The topological polar surface area (TPSA) is 75.6 Å². The molecule has 0 saturated carbocycles. The SMILES string of the molecule is CC[C@@](NC(=O)OCc1ccccc1)(C(=O)O)C(C)C. The summed E-state index contributed by atoms with van der Waals surface area (Å²) in [5, 5.41) is 11.8. The van der Waals surface area contributed by atoms with E-state index in [9.17, 15) is 14.7 Å². The molecule has 0 radical (unpaired) electrons. The van der Waals surface area contributed by atoms with Gasteiger partial charge in [-0.05, 0) is 17.9 Å². The Morgan fingerprint density at radius 1 is 1.30 bits per heavy atom. The van der Waals surface area contributed by atoms with E-state index in [1.807, 2.05) is 30.3 Å². The summed E-state index contributed by atoms with van der Waals surface area (Å²) in [4.78, 5) is 23.2. The van der Waals surface area contributed by atoms with E-state index < -0.39 is 17.6 Å². The number of nitrogens with one attached hydrogen (secondary N) is 1. The zero-order valence-electron chi connectivity index (χ0n) is 12.1. The van der Waals surface area contributed by atoms with Crippen LogP contribution in [0.25, 0.3) is 0 Å². The van der Waals surface area contributed by atoms with Crippen LogP contribution in [0.1, 0.15) is 32.8 Å². The minimum absolute atomic E-state index is 0.115. The average molecular weight is 279 g/mol. The second-order valence-corrected chi connectivity index (χ2v) is 4.97. The third-order valence-electron chi connectivity index (χ3n) is 3.46. The van der Waals surface area contributed by atoms with E-state index in [1.165, 1.54) is 0 Å². The molecule has 1 rings (SSSR count). The lowest BCUT2D eigenvalue weighted by molar-refractivity contribution is -0.147. The highest BCUT2D eigenvalue weighted by atomic mass is 16.5. The van der Waals surface area contributed by atoms with Crippen molar-refractivity contribution < 1.29 is 19.4 Å². The summed E-state index contributed by atoms with van der Waals surface area (Å²) in [6.07, 6.45) is -0.424. The Bertz CT molecular complexity index is 458. The number of carbonyl (C=O) groups is 2. The zero-order chi connectivity index (χ0) is 15.2. The normalized spacial score (nSPS) is 13.6. The first-order chi connectivity index (χ1) is 9.42. The Labute approximate surface area is 118 Å². The fraction of sp³-hybridized carbons (Fsp3) is 0.467. The van der Waals surface area contributed by atoms with Crippen molar-refractivity contribution in [2.45, 2.75) is 39.3 Å². The first-order valence-electron chi connectivity index (χ1n) is 6.64. The lowest BCUT2D eigenvalue weighted by Gasteiger charge is -2.32. The summed E-state index contributed by atoms with van der Waals surface area (Å²) >= 11 is 0. The van der Waals surface area contributed by atoms with Gasteiger partial charge in [-0.15, -0.1) is 0 Å². The van der Waals surface area contributed by atoms with Crippen LogP contribution in [0.3, 0.4) is 0 Å². The van der Waals surface area contributed by atoms with Crippen LogP contribution in [0.4, 0.5) is 4.79 Å². The van der Waals surface area contributed by atoms with E-state index in [1.54, 1.807) is 20.8 Å². The number of benzene rings is 1. The molecule has 0 fully saturated rings. The monoisotopic (exact) mass is 279 g/mol. The summed E-state index contributed by atoms with van der Waals surface area (Å²) in [7, 11) is 0. The van der Waals surface area contributed by atoms with Gasteiger partial charge in [0.15, 0.2) is 0 Å². The van der Waals surface area contributed by atoms with Gasteiger partial charge in [0.05, 0.1) is 0 Å². The number of amides is 1. The summed E-state index contributed by atoms with van der Waals surface area (Å²) in [6.45, 7) is 5.36. The molecule has 5 heteroatoms. The van der Waals surface area contributed by atoms with Crippen molar-refractivity contribution in [3.8, 4) is 0 Å². The molecule has 2 N–H and O–H groups in total. The number of carboxylic acid groups (broad SMARTS) is 1. The number of ether oxygens (including phenoxy) is 1. The maximum Gasteiger partial charge on any atom is 0.408 e. The van der Waals surface area contributed by atoms with Gasteiger partial charge >= 0.3 is 12.1 Å². The van der Waals surface area contributed by atoms with Crippen LogP contribution >= 0.6 is 0 Å². The molecule has 110 valence electrons. The molecule has 0 heterocycles. The van der Waals surface area contributed by atoms with Crippen molar-refractivity contribution in [3.63, 3.8) is 0 Å². The van der Waals surface area contributed by atoms with Crippen molar-refractivity contribution in [2.75, 3.05) is 0 Å². The van der Waals surface area contributed by atoms with Gasteiger partial charge in [-0.25, -0.2) is 9.59 Å². The molecule has 0 aliphatic heterocycles. The summed E-state index contributed by atoms with van der Waals surface area (Å²) in [5.74, 6) is -1.29. The van der Waals surface area contributed by atoms with Gasteiger partial charge in [-0.3, -0.25) is 0 Å². The fourth-order valence-corrected chi connectivity index (χ4v) is 2.03. The quantitative estimate of drug-likeness (QED) is 0.839. The predicted octanol–water partition coefficient (Wildman–Crippen LogP) is 2.80. The van der Waals surface area contributed by atoms with E-state index in [-0.39, 0.29) is 12.5 Å². The lowest BCUT2D eigenvalue weighted by atomic mass is 9.84. The van der Waals surface area contributed by atoms with Crippen molar-refractivity contribution in [2.24, 2.45) is 5.92 Å². The molecule has 1 aromatic rings. The Kier molecular flexibility index (Phi) is 5.55. The number of alkyl carbamates (subject to hydrolysis) is 1. The Hall–Kier alpha value is -2.04. The minimum atomic E-state index is -1.30. The van der Waals surface area contributed by atoms with Gasteiger partial charge in [0.25, 0.3) is 0 Å². The van der Waals surface area contributed by atoms with Crippen LogP contribution in [0.5, 0.6) is 0 Å². The van der Waals surface area contributed by atoms with Crippen LogP contribution in [0.15, 0.2) is 30.3 Å². The zero-order valence-corrected chi connectivity index (χ0v) is 12.1. The van der Waals surface area contributed by atoms with Crippen LogP contribution < -0.4 is 5.32 Å². The number of hydrogen-bond donors (Lipinski definition) is 2. The molecule has 5 nitrogen and oxygen atoms in total. The smallest absolute Gasteiger partial charge is 0.408 e. The highest BCUT2D eigenvalue weighted by Gasteiger charge is 2.42. The summed E-state index contributed by atoms with van der Waals surface area (Å²) < 4.78 is 5.07. The minimum Gasteiger partial charge on any atom is -0.479 e. The first-order valence-corrected chi connectivity index (χ1v) is 6.64. The maximum absolute atomic E-state index is 11.8. The summed E-state index contributed by atoms with van der Waals surface area (Å²) in [5.41, 5.74) is -0.446. The molecule has 0 bridgehead atoms. The second-order valence-electron chi connectivity index (χ2n) is 4.97. The molecule has 0 unspecified atom stereocenters. The van der Waals surface area contributed by atoms with E-state index in [4.69, 9.17) is 4.74 Å². The van der Waals surface area contributed by atoms with Crippen LogP contribution in [0, 0.1) is 5.92 Å². The average Bonchev–Trinajstić information content (AvgIpc) is 2.43. The second kappa shape index (κ2) is 6.93. The molecule has 0 saturated heterocycles. The number of hydrogen-bond acceptors (Lipinski definition) is 3. The van der Waals surface area contributed by atoms with E-state index >= 15 is 0 Å². The van der Waals surface area contributed by atoms with Crippen LogP contribution in [-0.4, -0.2) is 22.7 Å². The van der Waals surface area contributed by atoms with Gasteiger partial charge in [-0.1, -0.05) is 51.1 Å². The van der Waals surface area contributed by atoms with Gasteiger partial charge in [-0.2, -0.15) is 0 Å². The maximum atomic E-state index is 11.8. The number of aliphatic carboxylic acids is 1. The Balaban J connectivity index is 2.66. The third-order valence-corrected chi connectivity index (χ3v) is 3.46. The molecule has 0 aliphatic carbocycles. The molecule has 1 atom stereocenters. The van der Waals surface area contributed by atoms with Crippen molar-refractivity contribution >= 4 is 12.1 Å². The third kappa shape index (κ3) is 3.73. The standard InChI is InChI=1S/C15H21NO4/c1-4-15(11(2)3,13(17)18)16-14(19)20-10-12-8-6-5-7-9-12/h5-9,11H,4,10H2,1-3H3,(H,16,19)(H,17,18)/t15-/m0/s1. The number of carboxylic acids is 1. The molecular formula is C15H21NO4. The van der Waals surface area contributed by atoms with E-state index in [2.05, 4.69) is 5.32 Å². The largest absolute Gasteiger partial charge is 0.479 e. The fourth-order valence-electron chi connectivity index (χ4n) is 2.03. The number of carbonyl (C=O) groups excluding carboxylic acids is 1. The molecule has 20 heavy (non-hydrogen) atoms. The van der Waals surface area contributed by atoms with Gasteiger partial charge in [0, 0.05) is 0 Å². The van der Waals surface area contributed by atoms with Gasteiger partial charge < -0.3 is 15.2 Å². The highest BCUT2D eigenvalue weighted by Crippen LogP contribution is 2.22. The predicted molar refractivity (Wildman–Crippen MR) is 75.3 cm³/mol. The van der Waals surface area contributed by atoms with Crippen molar-refractivity contribution in [1.82, 2.24) is 5.32 Å². The molecular weight excluding hydrogens is 258 g/mol. The molecule has 0 aliphatic rings. The molecule has 1 aromatic carbocycles. The number of rotatable bonds is 6. The Morgan fingerprint density at radius 3 is 2.35 bits per heavy atom. The van der Waals surface area contributed by atoms with Gasteiger partial charge in [0.1, 0.15) is 12.1 Å². The van der Waals surface area contributed by atoms with Gasteiger partial charge in [0.2, 0.25) is 0 Å². The van der Waals surface area contributed by atoms with Crippen LogP contribution in [-0.2, 0) is 16.1 Å². The molecule has 1 amide bonds. The highest BCUT2D eigenvalue weighted by molar-refractivity contribution is 5.84. The van der Waals surface area contributed by atoms with E-state index in [0.717, 1.165) is 5.56 Å². The lowest BCUT2D eigenvalue weighted by Crippen LogP contribution is -2.57. The molecule has 0 aromatic heterocycles. The molecule has 0 spiro atoms. The summed E-state index contributed by atoms with van der Waals surface area (Å²) in [6, 6.07) is 9.23. The van der Waals surface area contributed by atoms with Crippen LogP contribution in [0.2, 0.25) is 0 Å². The van der Waals surface area contributed by atoms with Crippen molar-refractivity contribution in [1.29, 1.82) is 0 Å². The Morgan fingerprint density at radius 2 is 1.90 bits per heavy atom. The van der Waals surface area contributed by atoms with E-state index in [0.29, 0.717) is 6.42 Å². The first kappa shape index (κ1) is 16.0. The van der Waals surface area contributed by atoms with Crippen molar-refractivity contribution in [3.05, 3.63) is 35.9 Å².